The molecule has 0 saturated carbocycles. The number of oxazole rings is 1. The number of nitrogens with two attached hydrogens (primary N) is 1. The predicted molar refractivity (Wildman–Crippen MR) is 53.9 cm³/mol. The van der Waals surface area contributed by atoms with Crippen molar-refractivity contribution in [3.05, 3.63) is 29.7 Å². The van der Waals surface area contributed by atoms with E-state index in [0.717, 1.165) is 16.7 Å². The number of benzene rings is 1. The summed E-state index contributed by atoms with van der Waals surface area (Å²) >= 11 is 0. The lowest BCUT2D eigenvalue weighted by Gasteiger charge is -1.92. The average Bonchev–Trinajstić information content (AvgIpc) is 2.43. The van der Waals surface area contributed by atoms with E-state index in [1.165, 1.54) is 0 Å². The van der Waals surface area contributed by atoms with Crippen molar-refractivity contribution < 1.29 is 4.42 Å². The number of fused-ring (bicyclic) bond motifs is 1. The van der Waals surface area contributed by atoms with Crippen LogP contribution in [0.1, 0.15) is 11.5 Å². The molecule has 2 N–H and O–H groups in total. The van der Waals surface area contributed by atoms with Crippen molar-refractivity contribution in [2.75, 3.05) is 0 Å². The fraction of sp³-hybridized carbons (Fsp3) is 0.222. The molecule has 0 aliphatic heterocycles. The van der Waals surface area contributed by atoms with Crippen LogP contribution in [-0.2, 0) is 6.54 Å². The molecule has 0 atom stereocenters. The molecular weight excluding hydrogens is 188 g/mol. The van der Waals surface area contributed by atoms with Crippen molar-refractivity contribution in [2.45, 2.75) is 13.5 Å². The molecule has 13 heavy (non-hydrogen) atoms. The fourth-order valence-electron chi connectivity index (χ4n) is 1.21. The molecule has 0 saturated heterocycles. The number of aryl methyl sites for hydroxylation is 1. The zero-order chi connectivity index (χ0) is 8.55. The van der Waals surface area contributed by atoms with E-state index in [0.29, 0.717) is 12.4 Å². The minimum absolute atomic E-state index is 0. The Balaban J connectivity index is 0.000000845. The first-order valence-electron chi connectivity index (χ1n) is 3.86. The van der Waals surface area contributed by atoms with Gasteiger partial charge in [0.15, 0.2) is 11.5 Å². The Bertz CT molecular complexity index is 411. The SMILES string of the molecule is Cc1nc2ccc(CN)cc2o1.Cl. The number of nitrogens with zero attached hydrogens (tertiary/aromatic N) is 1. The Labute approximate surface area is 82.3 Å². The summed E-state index contributed by atoms with van der Waals surface area (Å²) in [6.07, 6.45) is 0. The van der Waals surface area contributed by atoms with Gasteiger partial charge in [0.25, 0.3) is 0 Å². The van der Waals surface area contributed by atoms with Crippen molar-refractivity contribution in [3.8, 4) is 0 Å². The van der Waals surface area contributed by atoms with Crippen LogP contribution in [0.2, 0.25) is 0 Å². The van der Waals surface area contributed by atoms with E-state index in [2.05, 4.69) is 4.98 Å². The Morgan fingerprint density at radius 3 is 2.92 bits per heavy atom. The number of halogens is 1. The fourth-order valence-corrected chi connectivity index (χ4v) is 1.21. The molecule has 0 spiro atoms. The van der Waals surface area contributed by atoms with Gasteiger partial charge in [-0.2, -0.15) is 0 Å². The van der Waals surface area contributed by atoms with Gasteiger partial charge >= 0.3 is 0 Å². The average molecular weight is 199 g/mol. The van der Waals surface area contributed by atoms with E-state index in [4.69, 9.17) is 10.2 Å². The maximum absolute atomic E-state index is 5.49. The van der Waals surface area contributed by atoms with Gasteiger partial charge in [-0.05, 0) is 17.7 Å². The van der Waals surface area contributed by atoms with Crippen LogP contribution < -0.4 is 5.73 Å². The van der Waals surface area contributed by atoms with E-state index in [9.17, 15) is 0 Å². The second-order valence-corrected chi connectivity index (χ2v) is 2.74. The standard InChI is InChI=1S/C9H10N2O.ClH/c1-6-11-8-3-2-7(5-10)4-9(8)12-6;/h2-4H,5,10H2,1H3;1H. The van der Waals surface area contributed by atoms with Crippen LogP contribution in [0.5, 0.6) is 0 Å². The van der Waals surface area contributed by atoms with Crippen molar-refractivity contribution in [2.24, 2.45) is 5.73 Å². The van der Waals surface area contributed by atoms with Gasteiger partial charge in [0.1, 0.15) is 5.52 Å². The molecule has 0 amide bonds. The molecule has 0 radical (unpaired) electrons. The molecule has 0 aliphatic carbocycles. The molecule has 1 aromatic heterocycles. The quantitative estimate of drug-likeness (QED) is 0.763. The van der Waals surface area contributed by atoms with Crippen molar-refractivity contribution >= 4 is 23.5 Å². The second kappa shape index (κ2) is 3.77. The van der Waals surface area contributed by atoms with Crippen LogP contribution in [0.3, 0.4) is 0 Å². The van der Waals surface area contributed by atoms with Crippen LogP contribution in [0.4, 0.5) is 0 Å². The molecule has 0 unspecified atom stereocenters. The van der Waals surface area contributed by atoms with Crippen LogP contribution >= 0.6 is 12.4 Å². The molecule has 0 fully saturated rings. The third-order valence-corrected chi connectivity index (χ3v) is 1.80. The van der Waals surface area contributed by atoms with Crippen molar-refractivity contribution in [1.82, 2.24) is 4.98 Å². The maximum Gasteiger partial charge on any atom is 0.192 e. The lowest BCUT2D eigenvalue weighted by atomic mass is 10.2. The first-order valence-corrected chi connectivity index (χ1v) is 3.86. The van der Waals surface area contributed by atoms with Gasteiger partial charge in [-0.3, -0.25) is 0 Å². The first kappa shape index (κ1) is 10.0. The van der Waals surface area contributed by atoms with Gasteiger partial charge < -0.3 is 10.2 Å². The summed E-state index contributed by atoms with van der Waals surface area (Å²) in [4.78, 5) is 4.18. The molecule has 2 rings (SSSR count). The van der Waals surface area contributed by atoms with E-state index in [1.807, 2.05) is 25.1 Å². The van der Waals surface area contributed by atoms with Crippen LogP contribution in [-0.4, -0.2) is 4.98 Å². The van der Waals surface area contributed by atoms with Gasteiger partial charge in [-0.25, -0.2) is 4.98 Å². The van der Waals surface area contributed by atoms with E-state index >= 15 is 0 Å². The molecule has 3 nitrogen and oxygen atoms in total. The van der Waals surface area contributed by atoms with Gasteiger partial charge in [-0.1, -0.05) is 6.07 Å². The topological polar surface area (TPSA) is 52.0 Å². The zero-order valence-corrected chi connectivity index (χ0v) is 8.10. The summed E-state index contributed by atoms with van der Waals surface area (Å²) in [5.74, 6) is 0.694. The largest absolute Gasteiger partial charge is 0.441 e. The molecule has 1 heterocycles. The highest BCUT2D eigenvalue weighted by Crippen LogP contribution is 2.16. The maximum atomic E-state index is 5.49. The predicted octanol–water partition coefficient (Wildman–Crippen LogP) is 2.02. The lowest BCUT2D eigenvalue weighted by Crippen LogP contribution is -1.94. The molecule has 2 aromatic rings. The van der Waals surface area contributed by atoms with Gasteiger partial charge in [0.05, 0.1) is 0 Å². The third-order valence-electron chi connectivity index (χ3n) is 1.80. The second-order valence-electron chi connectivity index (χ2n) is 2.74. The smallest absolute Gasteiger partial charge is 0.192 e. The summed E-state index contributed by atoms with van der Waals surface area (Å²) in [5.41, 5.74) is 8.26. The molecule has 0 bridgehead atoms. The van der Waals surface area contributed by atoms with Crippen molar-refractivity contribution in [1.29, 1.82) is 0 Å². The zero-order valence-electron chi connectivity index (χ0n) is 7.28. The highest BCUT2D eigenvalue weighted by Gasteiger charge is 2.01. The van der Waals surface area contributed by atoms with Gasteiger partial charge in [-0.15, -0.1) is 12.4 Å². The highest BCUT2D eigenvalue weighted by atomic mass is 35.5. The summed E-state index contributed by atoms with van der Waals surface area (Å²) in [5, 5.41) is 0. The van der Waals surface area contributed by atoms with Crippen LogP contribution in [0.15, 0.2) is 22.6 Å². The lowest BCUT2D eigenvalue weighted by molar-refractivity contribution is 0.560. The van der Waals surface area contributed by atoms with E-state index < -0.39 is 0 Å². The molecule has 0 aliphatic rings. The van der Waals surface area contributed by atoms with Gasteiger partial charge in [0, 0.05) is 13.5 Å². The number of hydrogen-bond donors (Lipinski definition) is 1. The van der Waals surface area contributed by atoms with Gasteiger partial charge in [0.2, 0.25) is 0 Å². The number of hydrogen-bond acceptors (Lipinski definition) is 3. The molecular formula is C9H11ClN2O. The Hall–Kier alpha value is -1.06. The number of rotatable bonds is 1. The Kier molecular flexibility index (Phi) is 2.90. The Morgan fingerprint density at radius 1 is 1.46 bits per heavy atom. The third kappa shape index (κ3) is 1.82. The molecule has 4 heteroatoms. The molecule has 70 valence electrons. The Morgan fingerprint density at radius 2 is 2.23 bits per heavy atom. The monoisotopic (exact) mass is 198 g/mol. The summed E-state index contributed by atoms with van der Waals surface area (Å²) in [6.45, 7) is 2.37. The minimum Gasteiger partial charge on any atom is -0.441 e. The van der Waals surface area contributed by atoms with E-state index in [1.54, 1.807) is 0 Å². The summed E-state index contributed by atoms with van der Waals surface area (Å²) < 4.78 is 5.34. The normalized spacial score (nSPS) is 10.0. The minimum atomic E-state index is 0. The first-order chi connectivity index (χ1) is 5.79. The number of aromatic nitrogens is 1. The molecule has 1 aromatic carbocycles. The highest BCUT2D eigenvalue weighted by molar-refractivity contribution is 5.85. The van der Waals surface area contributed by atoms with Crippen LogP contribution in [0.25, 0.3) is 11.1 Å². The summed E-state index contributed by atoms with van der Waals surface area (Å²) in [6, 6.07) is 5.81. The summed E-state index contributed by atoms with van der Waals surface area (Å²) in [7, 11) is 0. The van der Waals surface area contributed by atoms with E-state index in [-0.39, 0.29) is 12.4 Å². The van der Waals surface area contributed by atoms with Crippen LogP contribution in [0, 0.1) is 6.92 Å². The van der Waals surface area contributed by atoms with Crippen molar-refractivity contribution in [3.63, 3.8) is 0 Å².